The summed E-state index contributed by atoms with van der Waals surface area (Å²) in [5, 5.41) is 2.70. The van der Waals surface area contributed by atoms with E-state index < -0.39 is 27.9 Å². The summed E-state index contributed by atoms with van der Waals surface area (Å²) in [4.78, 5) is 24.3. The van der Waals surface area contributed by atoms with E-state index in [1.165, 1.54) is 57.6 Å². The summed E-state index contributed by atoms with van der Waals surface area (Å²) in [6, 6.07) is 18.2. The van der Waals surface area contributed by atoms with Crippen LogP contribution < -0.4 is 9.62 Å². The van der Waals surface area contributed by atoms with Crippen LogP contribution in [0.2, 0.25) is 0 Å². The second kappa shape index (κ2) is 10.4. The zero-order chi connectivity index (χ0) is 24.9. The number of esters is 1. The maximum atomic E-state index is 14.4. The molecule has 0 heterocycles. The Hall–Kier alpha value is -3.76. The first-order chi connectivity index (χ1) is 16.1. The Kier molecular flexibility index (Phi) is 7.64. The van der Waals surface area contributed by atoms with Gasteiger partial charge in [-0.25, -0.2) is 9.18 Å². The van der Waals surface area contributed by atoms with Gasteiger partial charge < -0.3 is 10.1 Å². The van der Waals surface area contributed by atoms with Gasteiger partial charge in [-0.15, -0.1) is 0 Å². The summed E-state index contributed by atoms with van der Waals surface area (Å²) < 4.78 is 46.8. The first kappa shape index (κ1) is 24.9. The molecular weight excluding hydrogens is 461 g/mol. The Labute approximate surface area is 197 Å². The van der Waals surface area contributed by atoms with Gasteiger partial charge in [-0.05, 0) is 48.0 Å². The number of ether oxygens (including phenoxy) is 1. The summed E-state index contributed by atoms with van der Waals surface area (Å²) in [5.41, 5.74) is 1.51. The van der Waals surface area contributed by atoms with Crippen LogP contribution in [0.3, 0.4) is 0 Å². The quantitative estimate of drug-likeness (QED) is 0.491. The molecule has 1 N–H and O–H groups in total. The molecule has 0 aliphatic heterocycles. The topological polar surface area (TPSA) is 96.0 Å². The van der Waals surface area contributed by atoms with Crippen molar-refractivity contribution in [3.63, 3.8) is 0 Å². The molecule has 0 aliphatic rings. The molecule has 3 aromatic rings. The van der Waals surface area contributed by atoms with E-state index >= 15 is 0 Å². The molecule has 1 amide bonds. The molecule has 3 rings (SSSR count). The van der Waals surface area contributed by atoms with Crippen molar-refractivity contribution in [3.05, 3.63) is 95.3 Å². The number of methoxy groups -OCH3 is 1. The highest BCUT2D eigenvalue weighted by molar-refractivity contribution is 7.90. The van der Waals surface area contributed by atoms with Crippen LogP contribution in [0.25, 0.3) is 0 Å². The minimum Gasteiger partial charge on any atom is -0.465 e. The number of amides is 1. The largest absolute Gasteiger partial charge is 0.465 e. The molecule has 10 heteroatoms. The van der Waals surface area contributed by atoms with Crippen LogP contribution >= 0.6 is 0 Å². The van der Waals surface area contributed by atoms with Crippen molar-refractivity contribution in [2.45, 2.75) is 6.54 Å². The van der Waals surface area contributed by atoms with E-state index in [4.69, 9.17) is 0 Å². The average molecular weight is 486 g/mol. The number of hydrogen-bond acceptors (Lipinski definition) is 5. The molecule has 0 radical (unpaired) electrons. The second-order valence-electron chi connectivity index (χ2n) is 7.47. The van der Waals surface area contributed by atoms with Gasteiger partial charge in [0, 0.05) is 25.3 Å². The SMILES string of the molecule is COC(=O)c1cccc(NC(=O)c2ccc(CN(c3ccccc3F)S(=O)(=O)N(C)C)cc2)c1. The standard InChI is InChI=1S/C24H24FN3O5S/c1-27(2)34(31,32)28(22-10-5-4-9-21(22)25)16-17-11-13-18(14-12-17)23(29)26-20-8-6-7-19(15-20)24(30)33-3/h4-15H,16H2,1-3H3,(H,26,29). The third kappa shape index (κ3) is 5.59. The lowest BCUT2D eigenvalue weighted by Crippen LogP contribution is -2.40. The smallest absolute Gasteiger partial charge is 0.337 e. The third-order valence-electron chi connectivity index (χ3n) is 4.94. The summed E-state index contributed by atoms with van der Waals surface area (Å²) >= 11 is 0. The number of halogens is 1. The molecule has 3 aromatic carbocycles. The molecule has 0 unspecified atom stereocenters. The third-order valence-corrected chi connectivity index (χ3v) is 6.75. The van der Waals surface area contributed by atoms with E-state index in [-0.39, 0.29) is 12.2 Å². The van der Waals surface area contributed by atoms with Gasteiger partial charge in [-0.3, -0.25) is 9.10 Å². The minimum absolute atomic E-state index is 0.0801. The van der Waals surface area contributed by atoms with Crippen LogP contribution in [0.15, 0.2) is 72.8 Å². The summed E-state index contributed by atoms with van der Waals surface area (Å²) in [6.07, 6.45) is 0. The van der Waals surface area contributed by atoms with E-state index in [2.05, 4.69) is 10.1 Å². The first-order valence-corrected chi connectivity index (χ1v) is 11.6. The molecule has 0 saturated heterocycles. The van der Waals surface area contributed by atoms with E-state index in [0.717, 1.165) is 8.61 Å². The normalized spacial score (nSPS) is 11.2. The number of benzene rings is 3. The average Bonchev–Trinajstić information content (AvgIpc) is 2.83. The van der Waals surface area contributed by atoms with Crippen LogP contribution in [0.5, 0.6) is 0 Å². The number of hydrogen-bond donors (Lipinski definition) is 1. The molecule has 178 valence electrons. The van der Waals surface area contributed by atoms with Gasteiger partial charge in [0.1, 0.15) is 5.82 Å². The molecule has 0 aromatic heterocycles. The van der Waals surface area contributed by atoms with Gasteiger partial charge in [0.25, 0.3) is 5.91 Å². The number of rotatable bonds is 8. The molecular formula is C24H24FN3O5S. The van der Waals surface area contributed by atoms with E-state index in [1.807, 2.05) is 0 Å². The minimum atomic E-state index is -3.98. The fourth-order valence-electron chi connectivity index (χ4n) is 3.11. The molecule has 8 nitrogen and oxygen atoms in total. The van der Waals surface area contributed by atoms with Crippen LogP contribution in [0.4, 0.5) is 15.8 Å². The van der Waals surface area contributed by atoms with E-state index in [0.29, 0.717) is 22.4 Å². The summed E-state index contributed by atoms with van der Waals surface area (Å²) in [7, 11) is 0.0202. The van der Waals surface area contributed by atoms with Crippen molar-refractivity contribution in [2.24, 2.45) is 0 Å². The van der Waals surface area contributed by atoms with Gasteiger partial charge in [0.2, 0.25) is 0 Å². The Bertz CT molecular complexity index is 1290. The number of anilines is 2. The number of carbonyl (C=O) groups is 2. The number of nitrogens with one attached hydrogen (secondary N) is 1. The van der Waals surface area contributed by atoms with Gasteiger partial charge >= 0.3 is 16.2 Å². The fraction of sp³-hybridized carbons (Fsp3) is 0.167. The molecule has 0 fully saturated rings. The van der Waals surface area contributed by atoms with Crippen LogP contribution in [-0.2, 0) is 21.5 Å². The van der Waals surface area contributed by atoms with E-state index in [9.17, 15) is 22.4 Å². The number of carbonyl (C=O) groups excluding carboxylic acids is 2. The van der Waals surface area contributed by atoms with Crippen molar-refractivity contribution < 1.29 is 27.1 Å². The highest BCUT2D eigenvalue weighted by Gasteiger charge is 2.27. The van der Waals surface area contributed by atoms with Gasteiger partial charge in [0.15, 0.2) is 0 Å². The second-order valence-corrected chi connectivity index (χ2v) is 9.54. The van der Waals surface area contributed by atoms with Crippen LogP contribution in [0, 0.1) is 5.82 Å². The Morgan fingerprint density at radius 1 is 0.941 bits per heavy atom. The predicted molar refractivity (Wildman–Crippen MR) is 127 cm³/mol. The summed E-state index contributed by atoms with van der Waals surface area (Å²) in [5.74, 6) is -1.61. The maximum Gasteiger partial charge on any atom is 0.337 e. The highest BCUT2D eigenvalue weighted by atomic mass is 32.2. The maximum absolute atomic E-state index is 14.4. The Balaban J connectivity index is 1.80. The zero-order valence-corrected chi connectivity index (χ0v) is 19.7. The monoisotopic (exact) mass is 485 g/mol. The molecule has 0 aliphatic carbocycles. The van der Waals surface area contributed by atoms with Gasteiger partial charge in [0.05, 0.1) is 24.9 Å². The van der Waals surface area contributed by atoms with E-state index in [1.54, 1.807) is 36.4 Å². The highest BCUT2D eigenvalue weighted by Crippen LogP contribution is 2.25. The van der Waals surface area contributed by atoms with Crippen LogP contribution in [-0.4, -0.2) is 45.8 Å². The van der Waals surface area contributed by atoms with Crippen LogP contribution in [0.1, 0.15) is 26.3 Å². The van der Waals surface area contributed by atoms with Crippen molar-refractivity contribution >= 4 is 33.5 Å². The fourth-order valence-corrected chi connectivity index (χ4v) is 4.22. The molecule has 34 heavy (non-hydrogen) atoms. The lowest BCUT2D eigenvalue weighted by Gasteiger charge is -2.27. The predicted octanol–water partition coefficient (Wildman–Crippen LogP) is 3.68. The molecule has 0 bridgehead atoms. The lowest BCUT2D eigenvalue weighted by atomic mass is 10.1. The van der Waals surface area contributed by atoms with Gasteiger partial charge in [-0.1, -0.05) is 30.3 Å². The Morgan fingerprint density at radius 2 is 1.62 bits per heavy atom. The number of nitrogens with zero attached hydrogens (tertiary/aromatic N) is 2. The zero-order valence-electron chi connectivity index (χ0n) is 18.9. The molecule has 0 atom stereocenters. The van der Waals surface area contributed by atoms with Gasteiger partial charge in [-0.2, -0.15) is 12.7 Å². The van der Waals surface area contributed by atoms with Crippen molar-refractivity contribution in [1.29, 1.82) is 0 Å². The van der Waals surface area contributed by atoms with Crippen molar-refractivity contribution in [3.8, 4) is 0 Å². The van der Waals surface area contributed by atoms with Crippen molar-refractivity contribution in [1.82, 2.24) is 4.31 Å². The Morgan fingerprint density at radius 3 is 2.24 bits per heavy atom. The molecule has 0 saturated carbocycles. The summed E-state index contributed by atoms with van der Waals surface area (Å²) in [6.45, 7) is -0.134. The van der Waals surface area contributed by atoms with Crippen molar-refractivity contribution in [2.75, 3.05) is 30.8 Å². The first-order valence-electron chi connectivity index (χ1n) is 10.2. The number of para-hydroxylation sites is 1. The lowest BCUT2D eigenvalue weighted by molar-refractivity contribution is 0.0600. The molecule has 0 spiro atoms.